The molecule has 136 valence electrons. The van der Waals surface area contributed by atoms with Gasteiger partial charge in [0.25, 0.3) is 5.56 Å². The number of ether oxygens (including phenoxy) is 2. The van der Waals surface area contributed by atoms with Gasteiger partial charge in [0.15, 0.2) is 0 Å². The molecule has 6 heteroatoms. The van der Waals surface area contributed by atoms with Crippen LogP contribution in [0.1, 0.15) is 16.8 Å². The van der Waals surface area contributed by atoms with E-state index in [1.54, 1.807) is 20.1 Å². The second-order valence-corrected chi connectivity index (χ2v) is 7.20. The molecule has 2 aromatic carbocycles. The van der Waals surface area contributed by atoms with Gasteiger partial charge in [-0.15, -0.1) is 0 Å². The highest BCUT2D eigenvalue weighted by Crippen LogP contribution is 2.29. The molecule has 0 atom stereocenters. The maximum absolute atomic E-state index is 12.1. The van der Waals surface area contributed by atoms with Crippen molar-refractivity contribution >= 4 is 22.6 Å². The summed E-state index contributed by atoms with van der Waals surface area (Å²) in [4.78, 5) is 14.7. The average Bonchev–Trinajstić information content (AvgIpc) is 2.66. The van der Waals surface area contributed by atoms with Crippen molar-refractivity contribution in [3.05, 3.63) is 79.3 Å². The molecule has 1 aromatic heterocycles. The molecule has 0 fully saturated rings. The van der Waals surface area contributed by atoms with Crippen LogP contribution in [0.15, 0.2) is 53.3 Å². The topological polar surface area (TPSA) is 75.1 Å². The van der Waals surface area contributed by atoms with Crippen LogP contribution in [0.3, 0.4) is 0 Å². The molecule has 0 unspecified atom stereocenters. The zero-order valence-electron chi connectivity index (χ0n) is 14.9. The Labute approximate surface area is 170 Å². The fraction of sp³-hybridized carbons (Fsp3) is 0.143. The molecule has 0 radical (unpaired) electrons. The number of aryl methyl sites for hydroxylation is 1. The number of methoxy groups -OCH3 is 1. The molecule has 3 aromatic rings. The molecule has 0 saturated heterocycles. The monoisotopic (exact) mass is 472 g/mol. The van der Waals surface area contributed by atoms with Gasteiger partial charge < -0.3 is 14.5 Å². The lowest BCUT2D eigenvalue weighted by Gasteiger charge is -2.13. The van der Waals surface area contributed by atoms with Gasteiger partial charge in [-0.3, -0.25) is 4.79 Å². The molecule has 0 amide bonds. The minimum Gasteiger partial charge on any atom is -0.496 e. The first-order valence-electron chi connectivity index (χ1n) is 8.21. The summed E-state index contributed by atoms with van der Waals surface area (Å²) in [6.07, 6.45) is 0. The number of nitrogens with zero attached hydrogens (tertiary/aromatic N) is 1. The van der Waals surface area contributed by atoms with Crippen molar-refractivity contribution in [1.29, 1.82) is 5.26 Å². The fourth-order valence-electron chi connectivity index (χ4n) is 2.78. The van der Waals surface area contributed by atoms with E-state index in [0.717, 1.165) is 20.4 Å². The Morgan fingerprint density at radius 1 is 1.15 bits per heavy atom. The van der Waals surface area contributed by atoms with E-state index >= 15 is 0 Å². The summed E-state index contributed by atoms with van der Waals surface area (Å²) >= 11 is 2.24. The van der Waals surface area contributed by atoms with Crippen molar-refractivity contribution < 1.29 is 9.47 Å². The number of hydrogen-bond donors (Lipinski definition) is 1. The van der Waals surface area contributed by atoms with Crippen LogP contribution in [0.5, 0.6) is 11.5 Å². The first kappa shape index (κ1) is 19.0. The number of halogens is 1. The molecule has 0 spiro atoms. The van der Waals surface area contributed by atoms with Crippen molar-refractivity contribution in [3.8, 4) is 28.7 Å². The fourth-order valence-corrected chi connectivity index (χ4v) is 3.14. The predicted molar refractivity (Wildman–Crippen MR) is 112 cm³/mol. The number of rotatable bonds is 5. The highest BCUT2D eigenvalue weighted by atomic mass is 127. The van der Waals surface area contributed by atoms with Crippen LogP contribution in [0, 0.1) is 21.8 Å². The van der Waals surface area contributed by atoms with Gasteiger partial charge in [0.2, 0.25) is 0 Å². The molecule has 0 aliphatic carbocycles. The van der Waals surface area contributed by atoms with Gasteiger partial charge in [0.05, 0.1) is 7.11 Å². The van der Waals surface area contributed by atoms with Crippen molar-refractivity contribution in [3.63, 3.8) is 0 Å². The van der Waals surface area contributed by atoms with Crippen molar-refractivity contribution in [2.75, 3.05) is 7.11 Å². The van der Waals surface area contributed by atoms with Crippen LogP contribution < -0.4 is 15.0 Å². The summed E-state index contributed by atoms with van der Waals surface area (Å²) in [6.45, 7) is 2.10. The number of hydrogen-bond acceptors (Lipinski definition) is 4. The molecule has 0 aliphatic heterocycles. The van der Waals surface area contributed by atoms with E-state index in [0.29, 0.717) is 23.6 Å². The maximum Gasteiger partial charge on any atom is 0.266 e. The molecule has 27 heavy (non-hydrogen) atoms. The lowest BCUT2D eigenvalue weighted by Crippen LogP contribution is -2.12. The molecular weight excluding hydrogens is 455 g/mol. The van der Waals surface area contributed by atoms with Gasteiger partial charge in [-0.2, -0.15) is 5.26 Å². The molecule has 0 bridgehead atoms. The number of H-pyrrole nitrogens is 1. The second kappa shape index (κ2) is 8.27. The number of aromatic amines is 1. The van der Waals surface area contributed by atoms with Gasteiger partial charge in [-0.05, 0) is 77.5 Å². The minimum atomic E-state index is -0.389. The molecule has 0 saturated carbocycles. The van der Waals surface area contributed by atoms with E-state index < -0.39 is 0 Å². The van der Waals surface area contributed by atoms with Crippen LogP contribution >= 0.6 is 22.6 Å². The van der Waals surface area contributed by atoms with Gasteiger partial charge in [-0.25, -0.2) is 0 Å². The number of nitriles is 1. The van der Waals surface area contributed by atoms with Crippen LogP contribution in [-0.2, 0) is 6.61 Å². The summed E-state index contributed by atoms with van der Waals surface area (Å²) in [7, 11) is 1.60. The zero-order chi connectivity index (χ0) is 19.4. The third-order valence-corrected chi connectivity index (χ3v) is 4.80. The highest BCUT2D eigenvalue weighted by Gasteiger charge is 2.13. The summed E-state index contributed by atoms with van der Waals surface area (Å²) in [5.41, 5.74) is 2.59. The Bertz CT molecular complexity index is 1070. The molecule has 1 heterocycles. The van der Waals surface area contributed by atoms with Gasteiger partial charge in [0.1, 0.15) is 29.7 Å². The lowest BCUT2D eigenvalue weighted by molar-refractivity contribution is 0.296. The molecule has 5 nitrogen and oxygen atoms in total. The number of pyridine rings is 1. The summed E-state index contributed by atoms with van der Waals surface area (Å²) < 4.78 is 12.4. The van der Waals surface area contributed by atoms with Crippen molar-refractivity contribution in [2.45, 2.75) is 13.5 Å². The SMILES string of the molecule is COc1ccc(-c2cc(C)[nH]c(=O)c2C#N)cc1COc1ccc(I)cc1. The van der Waals surface area contributed by atoms with Crippen LogP contribution in [-0.4, -0.2) is 12.1 Å². The first-order chi connectivity index (χ1) is 13.0. The summed E-state index contributed by atoms with van der Waals surface area (Å²) in [5, 5.41) is 9.38. The average molecular weight is 472 g/mol. The van der Waals surface area contributed by atoms with E-state index in [4.69, 9.17) is 9.47 Å². The Kier molecular flexibility index (Phi) is 5.81. The lowest BCUT2D eigenvalue weighted by atomic mass is 9.99. The Balaban J connectivity index is 1.98. The molecule has 1 N–H and O–H groups in total. The molecule has 3 rings (SSSR count). The normalized spacial score (nSPS) is 10.3. The maximum atomic E-state index is 12.1. The Morgan fingerprint density at radius 2 is 1.89 bits per heavy atom. The predicted octanol–water partition coefficient (Wildman–Crippen LogP) is 4.41. The van der Waals surface area contributed by atoms with Crippen molar-refractivity contribution in [2.24, 2.45) is 0 Å². The minimum absolute atomic E-state index is 0.0928. The summed E-state index contributed by atoms with van der Waals surface area (Å²) in [6, 6.07) is 17.1. The van der Waals surface area contributed by atoms with E-state index in [9.17, 15) is 10.1 Å². The van der Waals surface area contributed by atoms with E-state index in [1.165, 1.54) is 0 Å². The van der Waals surface area contributed by atoms with Crippen LogP contribution in [0.2, 0.25) is 0 Å². The molecular formula is C21H17IN2O3. The highest BCUT2D eigenvalue weighted by molar-refractivity contribution is 14.1. The van der Waals surface area contributed by atoms with Crippen LogP contribution in [0.25, 0.3) is 11.1 Å². The standard InChI is InChI=1S/C21H17IN2O3/c1-13-9-18(19(11-23)21(25)24-13)14-3-8-20(26-2)15(10-14)12-27-17-6-4-16(22)5-7-17/h3-10H,12H2,1-2H3,(H,24,25). The Morgan fingerprint density at radius 3 is 2.56 bits per heavy atom. The first-order valence-corrected chi connectivity index (χ1v) is 9.29. The summed E-state index contributed by atoms with van der Waals surface area (Å²) in [5.74, 6) is 1.44. The zero-order valence-corrected chi connectivity index (χ0v) is 17.0. The van der Waals surface area contributed by atoms with Gasteiger partial charge >= 0.3 is 0 Å². The van der Waals surface area contributed by atoms with E-state index in [2.05, 4.69) is 27.6 Å². The van der Waals surface area contributed by atoms with Gasteiger partial charge in [0, 0.05) is 20.4 Å². The van der Waals surface area contributed by atoms with E-state index in [1.807, 2.05) is 48.5 Å². The number of benzene rings is 2. The molecule has 0 aliphatic rings. The third kappa shape index (κ3) is 4.31. The van der Waals surface area contributed by atoms with Crippen LogP contribution in [0.4, 0.5) is 0 Å². The smallest absolute Gasteiger partial charge is 0.266 e. The van der Waals surface area contributed by atoms with Gasteiger partial charge in [-0.1, -0.05) is 6.07 Å². The third-order valence-electron chi connectivity index (χ3n) is 4.08. The number of aromatic nitrogens is 1. The largest absolute Gasteiger partial charge is 0.496 e. The number of nitrogens with one attached hydrogen (secondary N) is 1. The van der Waals surface area contributed by atoms with Crippen molar-refractivity contribution in [1.82, 2.24) is 4.98 Å². The second-order valence-electron chi connectivity index (χ2n) is 5.95. The quantitative estimate of drug-likeness (QED) is 0.559. The van der Waals surface area contributed by atoms with E-state index in [-0.39, 0.29) is 11.1 Å². The Hall–Kier alpha value is -2.79.